The molecular weight excluding hydrogens is 288 g/mol. The monoisotopic (exact) mass is 302 g/mol. The normalized spacial score (nSPS) is 10.0. The second-order valence-corrected chi connectivity index (χ2v) is 5.10. The van der Waals surface area contributed by atoms with E-state index in [0.29, 0.717) is 30.5 Å². The molecule has 6 nitrogen and oxygen atoms in total. The minimum absolute atomic E-state index is 0.155. The predicted octanol–water partition coefficient (Wildman–Crippen LogP) is 1.78. The molecule has 1 amide bonds. The van der Waals surface area contributed by atoms with E-state index in [0.717, 1.165) is 5.56 Å². The topological polar surface area (TPSA) is 91.8 Å². The summed E-state index contributed by atoms with van der Waals surface area (Å²) in [7, 11) is 0. The van der Waals surface area contributed by atoms with Crippen molar-refractivity contribution in [1.29, 1.82) is 5.26 Å². The number of nitrogens with one attached hydrogen (secondary N) is 1. The van der Waals surface area contributed by atoms with Crippen LogP contribution in [0.2, 0.25) is 0 Å². The molecule has 0 unspecified atom stereocenters. The molecule has 1 aromatic heterocycles. The van der Waals surface area contributed by atoms with Crippen LogP contribution in [0.5, 0.6) is 0 Å². The first-order valence-corrected chi connectivity index (χ1v) is 7.39. The van der Waals surface area contributed by atoms with Crippen LogP contribution in [-0.4, -0.2) is 28.4 Å². The van der Waals surface area contributed by atoms with Crippen LogP contribution in [0.1, 0.15) is 17.9 Å². The van der Waals surface area contributed by atoms with Crippen molar-refractivity contribution in [1.82, 2.24) is 15.5 Å². The molecule has 7 heteroatoms. The van der Waals surface area contributed by atoms with Crippen LogP contribution in [0.25, 0.3) is 0 Å². The quantitative estimate of drug-likeness (QED) is 0.619. The molecule has 0 fully saturated rings. The Bertz CT molecular complexity index is 621. The number of carbonyl (C=O) groups excluding carboxylic acids is 1. The van der Waals surface area contributed by atoms with Crippen molar-refractivity contribution < 1.29 is 9.21 Å². The lowest BCUT2D eigenvalue weighted by molar-refractivity contribution is -0.118. The number of hydrogen-bond acceptors (Lipinski definition) is 6. The number of nitrogens with zero attached hydrogens (tertiary/aromatic N) is 3. The second kappa shape index (κ2) is 8.07. The highest BCUT2D eigenvalue weighted by molar-refractivity contribution is 7.99. The van der Waals surface area contributed by atoms with Crippen LogP contribution in [0.4, 0.5) is 0 Å². The van der Waals surface area contributed by atoms with Gasteiger partial charge in [-0.2, -0.15) is 5.26 Å². The fourth-order valence-corrected chi connectivity index (χ4v) is 2.18. The number of thioether (sulfide) groups is 1. The molecule has 0 aliphatic rings. The lowest BCUT2D eigenvalue weighted by Gasteiger charge is -1.99. The van der Waals surface area contributed by atoms with Crippen LogP contribution in [-0.2, 0) is 11.2 Å². The summed E-state index contributed by atoms with van der Waals surface area (Å²) in [6.45, 7) is 0.360. The molecule has 0 aliphatic heterocycles. The van der Waals surface area contributed by atoms with Crippen molar-refractivity contribution in [2.75, 3.05) is 12.3 Å². The van der Waals surface area contributed by atoms with E-state index in [1.807, 2.05) is 36.4 Å². The first kappa shape index (κ1) is 15.1. The average molecular weight is 302 g/mol. The summed E-state index contributed by atoms with van der Waals surface area (Å²) in [5, 5.41) is 19.2. The fourth-order valence-electron chi connectivity index (χ4n) is 1.57. The minimum Gasteiger partial charge on any atom is -0.416 e. The maximum atomic E-state index is 11.5. The van der Waals surface area contributed by atoms with Gasteiger partial charge in [-0.05, 0) is 5.56 Å². The molecule has 0 aliphatic carbocycles. The smallest absolute Gasteiger partial charge is 0.277 e. The zero-order valence-electron chi connectivity index (χ0n) is 11.3. The molecule has 0 saturated heterocycles. The van der Waals surface area contributed by atoms with Crippen molar-refractivity contribution in [3.63, 3.8) is 0 Å². The highest BCUT2D eigenvalue weighted by Gasteiger charge is 2.09. The molecule has 2 aromatic rings. The molecule has 0 spiro atoms. The van der Waals surface area contributed by atoms with Crippen LogP contribution in [0.15, 0.2) is 40.0 Å². The predicted molar refractivity (Wildman–Crippen MR) is 77.5 cm³/mol. The van der Waals surface area contributed by atoms with Gasteiger partial charge in [-0.3, -0.25) is 4.79 Å². The van der Waals surface area contributed by atoms with E-state index in [9.17, 15) is 4.79 Å². The number of rotatable bonds is 7. The van der Waals surface area contributed by atoms with E-state index in [4.69, 9.17) is 9.68 Å². The molecule has 1 heterocycles. The average Bonchev–Trinajstić information content (AvgIpc) is 2.94. The van der Waals surface area contributed by atoms with Gasteiger partial charge in [0.15, 0.2) is 0 Å². The number of carbonyl (C=O) groups is 1. The zero-order chi connectivity index (χ0) is 14.9. The summed E-state index contributed by atoms with van der Waals surface area (Å²) in [6.07, 6.45) is 0.876. The fraction of sp³-hybridized carbons (Fsp3) is 0.286. The van der Waals surface area contributed by atoms with Crippen LogP contribution in [0, 0.1) is 11.3 Å². The Labute approximate surface area is 126 Å². The summed E-state index contributed by atoms with van der Waals surface area (Å²) in [5.74, 6) is 0.560. The van der Waals surface area contributed by atoms with Crippen LogP contribution >= 0.6 is 11.8 Å². The number of amides is 1. The third-order valence-corrected chi connectivity index (χ3v) is 3.35. The molecule has 2 rings (SSSR count). The van der Waals surface area contributed by atoms with Gasteiger partial charge in [-0.25, -0.2) is 0 Å². The molecule has 0 saturated carbocycles. The molecule has 21 heavy (non-hydrogen) atoms. The van der Waals surface area contributed by atoms with Gasteiger partial charge in [-0.1, -0.05) is 42.1 Å². The Morgan fingerprint density at radius 3 is 2.90 bits per heavy atom. The number of benzene rings is 1. The molecule has 1 aromatic carbocycles. The van der Waals surface area contributed by atoms with Gasteiger partial charge < -0.3 is 9.73 Å². The summed E-state index contributed by atoms with van der Waals surface area (Å²) in [6, 6.07) is 11.8. The number of nitriles is 1. The number of aromatic nitrogens is 2. The van der Waals surface area contributed by atoms with Crippen molar-refractivity contribution in [3.05, 3.63) is 41.8 Å². The van der Waals surface area contributed by atoms with Gasteiger partial charge in [0.05, 0.1) is 24.7 Å². The Morgan fingerprint density at radius 2 is 2.14 bits per heavy atom. The maximum Gasteiger partial charge on any atom is 0.277 e. The summed E-state index contributed by atoms with van der Waals surface area (Å²) in [4.78, 5) is 11.5. The van der Waals surface area contributed by atoms with E-state index in [1.165, 1.54) is 11.8 Å². The van der Waals surface area contributed by atoms with Crippen LogP contribution < -0.4 is 5.32 Å². The van der Waals surface area contributed by atoms with Gasteiger partial charge in [-0.15, -0.1) is 10.2 Å². The lowest BCUT2D eigenvalue weighted by Crippen LogP contribution is -2.25. The lowest BCUT2D eigenvalue weighted by atomic mass is 10.2. The van der Waals surface area contributed by atoms with E-state index in [1.54, 1.807) is 0 Å². The second-order valence-electron chi connectivity index (χ2n) is 4.17. The highest BCUT2D eigenvalue weighted by atomic mass is 32.2. The van der Waals surface area contributed by atoms with E-state index < -0.39 is 0 Å². The largest absolute Gasteiger partial charge is 0.416 e. The van der Waals surface area contributed by atoms with E-state index in [-0.39, 0.29) is 11.7 Å². The van der Waals surface area contributed by atoms with Gasteiger partial charge in [0.2, 0.25) is 11.8 Å². The van der Waals surface area contributed by atoms with Gasteiger partial charge in [0, 0.05) is 6.54 Å². The minimum atomic E-state index is -0.155. The third kappa shape index (κ3) is 5.28. The Hall–Kier alpha value is -2.33. The summed E-state index contributed by atoms with van der Waals surface area (Å²) >= 11 is 1.18. The first-order chi connectivity index (χ1) is 10.3. The molecule has 0 bridgehead atoms. The van der Waals surface area contributed by atoms with Gasteiger partial charge >= 0.3 is 0 Å². The summed E-state index contributed by atoms with van der Waals surface area (Å²) in [5.41, 5.74) is 1.09. The molecule has 0 radical (unpaired) electrons. The van der Waals surface area contributed by atoms with Crippen molar-refractivity contribution in [3.8, 4) is 6.07 Å². The van der Waals surface area contributed by atoms with Gasteiger partial charge in [0.1, 0.15) is 0 Å². The molecular formula is C14H14N4O2S. The molecule has 0 atom stereocenters. The summed E-state index contributed by atoms with van der Waals surface area (Å²) < 4.78 is 5.47. The van der Waals surface area contributed by atoms with Crippen LogP contribution in [0.3, 0.4) is 0 Å². The Morgan fingerprint density at radius 1 is 1.33 bits per heavy atom. The standard InChI is InChI=1S/C14H14N4O2S/c15-7-4-8-16-12(19)10-21-14-18-17-13(20-14)9-11-5-2-1-3-6-11/h1-3,5-6H,4,8-10H2,(H,16,19). The number of hydrogen-bond donors (Lipinski definition) is 1. The first-order valence-electron chi connectivity index (χ1n) is 6.40. The highest BCUT2D eigenvalue weighted by Crippen LogP contribution is 2.17. The molecule has 1 N–H and O–H groups in total. The SMILES string of the molecule is N#CCCNC(=O)CSc1nnc(Cc2ccccc2)o1. The molecule has 108 valence electrons. The Balaban J connectivity index is 1.78. The van der Waals surface area contributed by atoms with E-state index in [2.05, 4.69) is 15.5 Å². The zero-order valence-corrected chi connectivity index (χ0v) is 12.1. The van der Waals surface area contributed by atoms with Crippen molar-refractivity contribution in [2.24, 2.45) is 0 Å². The van der Waals surface area contributed by atoms with Crippen molar-refractivity contribution in [2.45, 2.75) is 18.1 Å². The van der Waals surface area contributed by atoms with E-state index >= 15 is 0 Å². The van der Waals surface area contributed by atoms with Gasteiger partial charge in [0.25, 0.3) is 5.22 Å². The van der Waals surface area contributed by atoms with Crippen molar-refractivity contribution >= 4 is 17.7 Å². The maximum absolute atomic E-state index is 11.5. The third-order valence-electron chi connectivity index (χ3n) is 2.53. The Kier molecular flexibility index (Phi) is 5.79.